The summed E-state index contributed by atoms with van der Waals surface area (Å²) in [6.45, 7) is 4.29. The zero-order chi connectivity index (χ0) is 14.9. The molecule has 0 aliphatic carbocycles. The summed E-state index contributed by atoms with van der Waals surface area (Å²) < 4.78 is 0. The molecule has 3 rings (SSSR count). The van der Waals surface area contributed by atoms with E-state index in [1.807, 2.05) is 41.4 Å². The van der Waals surface area contributed by atoms with Crippen LogP contribution in [0.2, 0.25) is 0 Å². The predicted molar refractivity (Wildman–Crippen MR) is 83.9 cm³/mol. The van der Waals surface area contributed by atoms with E-state index in [0.717, 1.165) is 36.2 Å². The molecule has 0 spiro atoms. The van der Waals surface area contributed by atoms with E-state index in [1.54, 1.807) is 6.20 Å². The van der Waals surface area contributed by atoms with Crippen molar-refractivity contribution in [1.82, 2.24) is 9.88 Å². The van der Waals surface area contributed by atoms with Gasteiger partial charge in [0.15, 0.2) is 0 Å². The fourth-order valence-electron chi connectivity index (χ4n) is 2.93. The van der Waals surface area contributed by atoms with E-state index in [9.17, 15) is 4.79 Å². The Kier molecular flexibility index (Phi) is 3.55. The molecule has 1 atom stereocenters. The number of benzene rings is 1. The number of H-pyrrole nitrogens is 1. The van der Waals surface area contributed by atoms with Gasteiger partial charge in [0.1, 0.15) is 0 Å². The lowest BCUT2D eigenvalue weighted by Crippen LogP contribution is -2.34. The number of rotatable bonds is 3. The van der Waals surface area contributed by atoms with Gasteiger partial charge in [0.2, 0.25) is 0 Å². The van der Waals surface area contributed by atoms with Crippen LogP contribution in [-0.4, -0.2) is 35.4 Å². The molecule has 1 unspecified atom stereocenters. The number of aromatic nitrogens is 1. The van der Waals surface area contributed by atoms with Crippen LogP contribution in [0.3, 0.4) is 0 Å². The minimum Gasteiger partial charge on any atom is -0.366 e. The largest absolute Gasteiger partial charge is 0.366 e. The molecule has 1 aliphatic rings. The average Bonchev–Trinajstić information content (AvgIpc) is 3.15. The Morgan fingerprint density at radius 3 is 2.76 bits per heavy atom. The van der Waals surface area contributed by atoms with Gasteiger partial charge in [-0.05, 0) is 23.9 Å². The van der Waals surface area contributed by atoms with Crippen LogP contribution < -0.4 is 5.73 Å². The van der Waals surface area contributed by atoms with Gasteiger partial charge in [-0.25, -0.2) is 0 Å². The number of nitrogens with zero attached hydrogens (tertiary/aromatic N) is 1. The third kappa shape index (κ3) is 2.59. The SMILES string of the molecule is CC1(CN)CCN(C(=O)c2c[nH]cc2-c2ccccc2)C1. The highest BCUT2D eigenvalue weighted by Crippen LogP contribution is 2.31. The van der Waals surface area contributed by atoms with Gasteiger partial charge < -0.3 is 15.6 Å². The van der Waals surface area contributed by atoms with Gasteiger partial charge in [0, 0.05) is 31.0 Å². The van der Waals surface area contributed by atoms with Crippen LogP contribution in [0.5, 0.6) is 0 Å². The number of likely N-dealkylation sites (tertiary alicyclic amines) is 1. The number of amides is 1. The summed E-state index contributed by atoms with van der Waals surface area (Å²) in [6, 6.07) is 9.99. The number of carbonyl (C=O) groups is 1. The van der Waals surface area contributed by atoms with E-state index in [0.29, 0.717) is 6.54 Å². The smallest absolute Gasteiger partial charge is 0.256 e. The molecule has 110 valence electrons. The molecule has 0 radical (unpaired) electrons. The van der Waals surface area contributed by atoms with Gasteiger partial charge >= 0.3 is 0 Å². The topological polar surface area (TPSA) is 62.1 Å². The maximum atomic E-state index is 12.8. The van der Waals surface area contributed by atoms with E-state index in [2.05, 4.69) is 11.9 Å². The van der Waals surface area contributed by atoms with Gasteiger partial charge in [0.25, 0.3) is 5.91 Å². The normalized spacial score (nSPS) is 21.7. The summed E-state index contributed by atoms with van der Waals surface area (Å²) in [5.74, 6) is 0.0901. The maximum absolute atomic E-state index is 12.8. The standard InChI is InChI=1S/C17H21N3O/c1-17(11-18)7-8-20(12-17)16(21)15-10-19-9-14(15)13-5-3-2-4-6-13/h2-6,9-10,19H,7-8,11-12,18H2,1H3. The molecule has 2 aromatic rings. The monoisotopic (exact) mass is 283 g/mol. The molecule has 1 fully saturated rings. The van der Waals surface area contributed by atoms with Crippen molar-refractivity contribution in [3.8, 4) is 11.1 Å². The highest BCUT2D eigenvalue weighted by Gasteiger charge is 2.35. The molecule has 0 saturated carbocycles. The first-order chi connectivity index (χ1) is 10.1. The minimum absolute atomic E-state index is 0.0544. The lowest BCUT2D eigenvalue weighted by Gasteiger charge is -2.22. The number of nitrogens with one attached hydrogen (secondary N) is 1. The van der Waals surface area contributed by atoms with Crippen LogP contribution in [0.1, 0.15) is 23.7 Å². The lowest BCUT2D eigenvalue weighted by atomic mass is 9.90. The molecule has 2 heterocycles. The van der Waals surface area contributed by atoms with E-state index in [4.69, 9.17) is 5.73 Å². The van der Waals surface area contributed by atoms with Crippen molar-refractivity contribution in [1.29, 1.82) is 0 Å². The molecular weight excluding hydrogens is 262 g/mol. The summed E-state index contributed by atoms with van der Waals surface area (Å²) in [4.78, 5) is 17.8. The van der Waals surface area contributed by atoms with E-state index >= 15 is 0 Å². The zero-order valence-electron chi connectivity index (χ0n) is 12.3. The number of carbonyl (C=O) groups excluding carboxylic acids is 1. The summed E-state index contributed by atoms with van der Waals surface area (Å²) >= 11 is 0. The lowest BCUT2D eigenvalue weighted by molar-refractivity contribution is 0.0778. The molecule has 1 aliphatic heterocycles. The highest BCUT2D eigenvalue weighted by molar-refractivity contribution is 6.00. The van der Waals surface area contributed by atoms with Crippen LogP contribution in [0, 0.1) is 5.41 Å². The second-order valence-electron chi connectivity index (χ2n) is 6.14. The molecule has 21 heavy (non-hydrogen) atoms. The molecule has 1 saturated heterocycles. The minimum atomic E-state index is 0.0544. The molecular formula is C17H21N3O. The Morgan fingerprint density at radius 2 is 2.10 bits per heavy atom. The number of nitrogens with two attached hydrogens (primary N) is 1. The number of hydrogen-bond acceptors (Lipinski definition) is 2. The first kappa shape index (κ1) is 13.9. The van der Waals surface area contributed by atoms with Crippen molar-refractivity contribution in [3.05, 3.63) is 48.3 Å². The average molecular weight is 283 g/mol. The van der Waals surface area contributed by atoms with E-state index in [-0.39, 0.29) is 11.3 Å². The van der Waals surface area contributed by atoms with Crippen LogP contribution in [0.15, 0.2) is 42.7 Å². The van der Waals surface area contributed by atoms with Gasteiger partial charge in [-0.15, -0.1) is 0 Å². The first-order valence-corrected chi connectivity index (χ1v) is 7.34. The summed E-state index contributed by atoms with van der Waals surface area (Å²) in [5, 5.41) is 0. The molecule has 0 bridgehead atoms. The van der Waals surface area contributed by atoms with Crippen molar-refractivity contribution in [2.45, 2.75) is 13.3 Å². The Labute approximate surface area is 125 Å². The van der Waals surface area contributed by atoms with Crippen molar-refractivity contribution in [2.24, 2.45) is 11.1 Å². The molecule has 4 heteroatoms. The third-order valence-electron chi connectivity index (χ3n) is 4.40. The number of hydrogen-bond donors (Lipinski definition) is 2. The number of aromatic amines is 1. The molecule has 1 aromatic carbocycles. The van der Waals surface area contributed by atoms with E-state index in [1.165, 1.54) is 0 Å². The summed E-state index contributed by atoms with van der Waals surface area (Å²) in [7, 11) is 0. The van der Waals surface area contributed by atoms with Crippen molar-refractivity contribution >= 4 is 5.91 Å². The summed E-state index contributed by atoms with van der Waals surface area (Å²) in [5.41, 5.74) is 8.64. The fraction of sp³-hybridized carbons (Fsp3) is 0.353. The zero-order valence-corrected chi connectivity index (χ0v) is 12.3. The quantitative estimate of drug-likeness (QED) is 0.909. The molecule has 1 amide bonds. The van der Waals surface area contributed by atoms with Crippen LogP contribution in [0.25, 0.3) is 11.1 Å². The van der Waals surface area contributed by atoms with Gasteiger partial charge in [-0.3, -0.25) is 4.79 Å². The van der Waals surface area contributed by atoms with Crippen molar-refractivity contribution in [2.75, 3.05) is 19.6 Å². The van der Waals surface area contributed by atoms with Gasteiger partial charge in [0.05, 0.1) is 5.56 Å². The third-order valence-corrected chi connectivity index (χ3v) is 4.40. The van der Waals surface area contributed by atoms with Crippen LogP contribution >= 0.6 is 0 Å². The first-order valence-electron chi connectivity index (χ1n) is 7.34. The molecule has 1 aromatic heterocycles. The highest BCUT2D eigenvalue weighted by atomic mass is 16.2. The second kappa shape index (κ2) is 5.37. The van der Waals surface area contributed by atoms with Gasteiger partial charge in [-0.1, -0.05) is 37.3 Å². The van der Waals surface area contributed by atoms with Crippen molar-refractivity contribution < 1.29 is 4.79 Å². The van der Waals surface area contributed by atoms with Crippen LogP contribution in [-0.2, 0) is 0 Å². The summed E-state index contributed by atoms with van der Waals surface area (Å²) in [6.07, 6.45) is 4.66. The second-order valence-corrected chi connectivity index (χ2v) is 6.14. The van der Waals surface area contributed by atoms with Gasteiger partial charge in [-0.2, -0.15) is 0 Å². The fourth-order valence-corrected chi connectivity index (χ4v) is 2.93. The Hall–Kier alpha value is -2.07. The molecule has 4 nitrogen and oxygen atoms in total. The predicted octanol–water partition coefficient (Wildman–Crippen LogP) is 2.49. The Morgan fingerprint density at radius 1 is 1.33 bits per heavy atom. The van der Waals surface area contributed by atoms with Crippen molar-refractivity contribution in [3.63, 3.8) is 0 Å². The maximum Gasteiger partial charge on any atom is 0.256 e. The Balaban J connectivity index is 1.86. The van der Waals surface area contributed by atoms with Crippen LogP contribution in [0.4, 0.5) is 0 Å². The van der Waals surface area contributed by atoms with E-state index < -0.39 is 0 Å². The Bertz CT molecular complexity index is 634. The molecule has 3 N–H and O–H groups in total.